The molecule has 0 saturated carbocycles. The van der Waals surface area contributed by atoms with Crippen molar-refractivity contribution in [3.63, 3.8) is 0 Å². The van der Waals surface area contributed by atoms with Crippen LogP contribution in [0.5, 0.6) is 0 Å². The summed E-state index contributed by atoms with van der Waals surface area (Å²) in [4.78, 5) is 0. The number of hydrogen-bond donors (Lipinski definition) is 1. The van der Waals surface area contributed by atoms with Gasteiger partial charge in [0.1, 0.15) is 0 Å². The van der Waals surface area contributed by atoms with Crippen molar-refractivity contribution in [3.8, 4) is 0 Å². The van der Waals surface area contributed by atoms with E-state index in [1.807, 2.05) is 30.3 Å². The number of alkyl halides is 3. The molecule has 0 spiro atoms. The van der Waals surface area contributed by atoms with Crippen molar-refractivity contribution in [3.05, 3.63) is 77.4 Å². The van der Waals surface area contributed by atoms with Gasteiger partial charge in [-0.1, -0.05) is 54.6 Å². The summed E-state index contributed by atoms with van der Waals surface area (Å²) in [7, 11) is 0. The molecule has 0 aliphatic carbocycles. The van der Waals surface area contributed by atoms with Gasteiger partial charge in [0.2, 0.25) is 0 Å². The summed E-state index contributed by atoms with van der Waals surface area (Å²) >= 11 is 0. The summed E-state index contributed by atoms with van der Waals surface area (Å²) in [5.74, 6) is 0. The van der Waals surface area contributed by atoms with Crippen LogP contribution in [0.25, 0.3) is 6.08 Å². The third-order valence-electron chi connectivity index (χ3n) is 2.85. The molecule has 0 amide bonds. The monoisotopic (exact) mass is 278 g/mol. The molecule has 0 bridgehead atoms. The van der Waals surface area contributed by atoms with Gasteiger partial charge in [0.05, 0.1) is 11.7 Å². The highest BCUT2D eigenvalue weighted by Gasteiger charge is 2.30. The van der Waals surface area contributed by atoms with Crippen molar-refractivity contribution in [1.82, 2.24) is 0 Å². The lowest BCUT2D eigenvalue weighted by atomic mass is 10.1. The zero-order valence-electron chi connectivity index (χ0n) is 10.5. The SMILES string of the molecule is O[C@@H](/C=C/c1ccccc1)c1ccc(C(F)(F)F)cc1. The maximum atomic E-state index is 12.4. The smallest absolute Gasteiger partial charge is 0.384 e. The summed E-state index contributed by atoms with van der Waals surface area (Å²) in [5, 5.41) is 9.91. The number of aliphatic hydroxyl groups is 1. The Labute approximate surface area is 115 Å². The maximum absolute atomic E-state index is 12.4. The first-order chi connectivity index (χ1) is 9.47. The number of rotatable bonds is 3. The number of halogens is 3. The van der Waals surface area contributed by atoms with Crippen molar-refractivity contribution in [1.29, 1.82) is 0 Å². The van der Waals surface area contributed by atoms with Gasteiger partial charge in [-0.2, -0.15) is 13.2 Å². The second kappa shape index (κ2) is 5.92. The minimum atomic E-state index is -4.36. The van der Waals surface area contributed by atoms with Gasteiger partial charge in [-0.05, 0) is 23.3 Å². The van der Waals surface area contributed by atoms with Crippen molar-refractivity contribution >= 4 is 6.08 Å². The molecule has 2 aromatic carbocycles. The van der Waals surface area contributed by atoms with E-state index in [-0.39, 0.29) is 0 Å². The first kappa shape index (κ1) is 14.3. The average Bonchev–Trinajstić information content (AvgIpc) is 2.45. The van der Waals surface area contributed by atoms with Crippen molar-refractivity contribution < 1.29 is 18.3 Å². The highest BCUT2D eigenvalue weighted by molar-refractivity contribution is 5.50. The second-order valence-electron chi connectivity index (χ2n) is 4.33. The minimum absolute atomic E-state index is 0.421. The second-order valence-corrected chi connectivity index (χ2v) is 4.33. The Kier molecular flexibility index (Phi) is 4.25. The van der Waals surface area contributed by atoms with Crippen molar-refractivity contribution in [2.45, 2.75) is 12.3 Å². The van der Waals surface area contributed by atoms with Gasteiger partial charge < -0.3 is 5.11 Å². The van der Waals surface area contributed by atoms with Crippen molar-refractivity contribution in [2.75, 3.05) is 0 Å². The van der Waals surface area contributed by atoms with E-state index in [1.165, 1.54) is 18.2 Å². The van der Waals surface area contributed by atoms with E-state index in [1.54, 1.807) is 6.08 Å². The van der Waals surface area contributed by atoms with E-state index >= 15 is 0 Å². The Morgan fingerprint density at radius 1 is 0.900 bits per heavy atom. The van der Waals surface area contributed by atoms with Gasteiger partial charge in [-0.25, -0.2) is 0 Å². The fraction of sp³-hybridized carbons (Fsp3) is 0.125. The average molecular weight is 278 g/mol. The maximum Gasteiger partial charge on any atom is 0.416 e. The van der Waals surface area contributed by atoms with E-state index in [0.29, 0.717) is 5.56 Å². The zero-order valence-corrected chi connectivity index (χ0v) is 10.5. The zero-order chi connectivity index (χ0) is 14.6. The van der Waals surface area contributed by atoms with E-state index in [9.17, 15) is 18.3 Å². The Morgan fingerprint density at radius 2 is 1.50 bits per heavy atom. The van der Waals surface area contributed by atoms with Crippen LogP contribution in [0.4, 0.5) is 13.2 Å². The fourth-order valence-corrected chi connectivity index (χ4v) is 1.75. The topological polar surface area (TPSA) is 20.2 Å². The Hall–Kier alpha value is -2.07. The Balaban J connectivity index is 2.10. The standard InChI is InChI=1S/C16H13F3O/c17-16(18,19)14-9-7-13(8-10-14)15(20)11-6-12-4-2-1-3-5-12/h1-11,15,20H/b11-6+/t15-/m0/s1. The molecule has 2 rings (SSSR count). The lowest BCUT2D eigenvalue weighted by Gasteiger charge is -2.09. The van der Waals surface area contributed by atoms with E-state index < -0.39 is 17.8 Å². The highest BCUT2D eigenvalue weighted by Crippen LogP contribution is 2.30. The molecule has 0 aromatic heterocycles. The normalized spacial score (nSPS) is 13.6. The molecule has 4 heteroatoms. The third kappa shape index (κ3) is 3.71. The van der Waals surface area contributed by atoms with Gasteiger partial charge in [0.25, 0.3) is 0 Å². The molecule has 0 unspecified atom stereocenters. The first-order valence-corrected chi connectivity index (χ1v) is 6.05. The van der Waals surface area contributed by atoms with Gasteiger partial charge in [0.15, 0.2) is 0 Å². The van der Waals surface area contributed by atoms with Gasteiger partial charge in [0, 0.05) is 0 Å². The molecule has 20 heavy (non-hydrogen) atoms. The van der Waals surface area contributed by atoms with Crippen LogP contribution in [-0.2, 0) is 6.18 Å². The lowest BCUT2D eigenvalue weighted by Crippen LogP contribution is -2.05. The summed E-state index contributed by atoms with van der Waals surface area (Å²) < 4.78 is 37.2. The van der Waals surface area contributed by atoms with Crippen LogP contribution in [0.15, 0.2) is 60.7 Å². The van der Waals surface area contributed by atoms with Crippen LogP contribution >= 0.6 is 0 Å². The molecule has 0 aliphatic rings. The summed E-state index contributed by atoms with van der Waals surface area (Å²) in [6.45, 7) is 0. The van der Waals surface area contributed by atoms with Gasteiger partial charge in [-0.15, -0.1) is 0 Å². The molecule has 2 aromatic rings. The summed E-state index contributed by atoms with van der Waals surface area (Å²) in [6.07, 6.45) is -2.03. The number of aliphatic hydroxyl groups excluding tert-OH is 1. The molecule has 1 nitrogen and oxygen atoms in total. The molecule has 0 radical (unpaired) electrons. The van der Waals surface area contributed by atoms with Gasteiger partial charge in [-0.3, -0.25) is 0 Å². The molecular formula is C16H13F3O. The van der Waals surface area contributed by atoms with Crippen LogP contribution in [0, 0.1) is 0 Å². The largest absolute Gasteiger partial charge is 0.416 e. The van der Waals surface area contributed by atoms with E-state index in [0.717, 1.165) is 17.7 Å². The van der Waals surface area contributed by atoms with E-state index in [2.05, 4.69) is 0 Å². The molecule has 0 saturated heterocycles. The lowest BCUT2D eigenvalue weighted by molar-refractivity contribution is -0.137. The van der Waals surface area contributed by atoms with Crippen LogP contribution in [0.2, 0.25) is 0 Å². The van der Waals surface area contributed by atoms with Crippen molar-refractivity contribution in [2.24, 2.45) is 0 Å². The van der Waals surface area contributed by atoms with Crippen LogP contribution in [0.3, 0.4) is 0 Å². The summed E-state index contributed by atoms with van der Waals surface area (Å²) in [5.41, 5.74) is 0.615. The molecule has 0 heterocycles. The number of benzene rings is 2. The predicted octanol–water partition coefficient (Wildman–Crippen LogP) is 4.45. The number of hydrogen-bond acceptors (Lipinski definition) is 1. The van der Waals surface area contributed by atoms with Gasteiger partial charge >= 0.3 is 6.18 Å². The Bertz CT molecular complexity index is 571. The van der Waals surface area contributed by atoms with Crippen LogP contribution in [-0.4, -0.2) is 5.11 Å². The first-order valence-electron chi connectivity index (χ1n) is 6.05. The molecule has 104 valence electrons. The quantitative estimate of drug-likeness (QED) is 0.879. The van der Waals surface area contributed by atoms with E-state index in [4.69, 9.17) is 0 Å². The predicted molar refractivity (Wildman–Crippen MR) is 71.9 cm³/mol. The summed E-state index contributed by atoms with van der Waals surface area (Å²) in [6, 6.07) is 13.8. The fourth-order valence-electron chi connectivity index (χ4n) is 1.75. The Morgan fingerprint density at radius 3 is 2.05 bits per heavy atom. The van der Waals surface area contributed by atoms with Crippen LogP contribution in [0.1, 0.15) is 22.8 Å². The minimum Gasteiger partial charge on any atom is -0.384 e. The van der Waals surface area contributed by atoms with Crippen LogP contribution < -0.4 is 0 Å². The molecule has 0 fully saturated rings. The molecular weight excluding hydrogens is 265 g/mol. The highest BCUT2D eigenvalue weighted by atomic mass is 19.4. The molecule has 0 aliphatic heterocycles. The molecule has 1 atom stereocenters. The third-order valence-corrected chi connectivity index (χ3v) is 2.85. The molecule has 1 N–H and O–H groups in total.